The molecule has 1 saturated carbocycles. The minimum Gasteiger partial charge on any atom is -0.392 e. The third-order valence-electron chi connectivity index (χ3n) is 4.59. The summed E-state index contributed by atoms with van der Waals surface area (Å²) < 4.78 is 0. The Morgan fingerprint density at radius 3 is 1.82 bits per heavy atom. The molecule has 1 aliphatic rings. The first-order valence-electron chi connectivity index (χ1n) is 8.58. The summed E-state index contributed by atoms with van der Waals surface area (Å²) in [4.78, 5) is 1.32. The maximum Gasteiger partial charge on any atom is 0.0662 e. The van der Waals surface area contributed by atoms with E-state index in [9.17, 15) is 5.11 Å². The van der Waals surface area contributed by atoms with Crippen LogP contribution in [0.3, 0.4) is 0 Å². The molecule has 1 aromatic rings. The molecule has 124 valence electrons. The molecule has 1 fully saturated rings. The molecule has 2 atom stereocenters. The van der Waals surface area contributed by atoms with Crippen molar-refractivity contribution in [3.05, 3.63) is 29.3 Å². The van der Waals surface area contributed by atoms with Crippen LogP contribution in [0.15, 0.2) is 23.1 Å². The van der Waals surface area contributed by atoms with Gasteiger partial charge < -0.3 is 5.11 Å². The maximum absolute atomic E-state index is 10.3. The molecule has 0 spiro atoms. The quantitative estimate of drug-likeness (QED) is 0.756. The molecule has 0 saturated heterocycles. The van der Waals surface area contributed by atoms with Gasteiger partial charge in [-0.25, -0.2) is 0 Å². The zero-order chi connectivity index (χ0) is 16.5. The molecule has 0 heterocycles. The second-order valence-corrected chi connectivity index (χ2v) is 10.1. The summed E-state index contributed by atoms with van der Waals surface area (Å²) in [6.45, 7) is 13.7. The number of thioether (sulfide) groups is 1. The molecule has 0 bridgehead atoms. The lowest BCUT2D eigenvalue weighted by atomic mass is 9.81. The summed E-state index contributed by atoms with van der Waals surface area (Å²) in [5, 5.41) is 10.6. The van der Waals surface area contributed by atoms with Gasteiger partial charge in [0, 0.05) is 10.1 Å². The summed E-state index contributed by atoms with van der Waals surface area (Å²) in [5.41, 5.74) is 3.10. The predicted molar refractivity (Wildman–Crippen MR) is 98.0 cm³/mol. The number of hydrogen-bond donors (Lipinski definition) is 1. The van der Waals surface area contributed by atoms with Crippen molar-refractivity contribution in [1.82, 2.24) is 0 Å². The van der Waals surface area contributed by atoms with Crippen LogP contribution < -0.4 is 0 Å². The minimum atomic E-state index is -0.143. The molecule has 1 aromatic carbocycles. The highest BCUT2D eigenvalue weighted by Crippen LogP contribution is 2.38. The van der Waals surface area contributed by atoms with Crippen molar-refractivity contribution in [1.29, 1.82) is 0 Å². The third-order valence-corrected chi connectivity index (χ3v) is 5.95. The van der Waals surface area contributed by atoms with Crippen LogP contribution in [0.5, 0.6) is 0 Å². The van der Waals surface area contributed by atoms with Gasteiger partial charge in [0.15, 0.2) is 0 Å². The van der Waals surface area contributed by atoms with Crippen molar-refractivity contribution in [2.24, 2.45) is 0 Å². The number of rotatable bonds is 2. The predicted octanol–water partition coefficient (Wildman–Crippen LogP) is 5.68. The largest absolute Gasteiger partial charge is 0.392 e. The Kier molecular flexibility index (Phi) is 5.34. The molecule has 2 rings (SSSR count). The van der Waals surface area contributed by atoms with Gasteiger partial charge >= 0.3 is 0 Å². The molecule has 0 aromatic heterocycles. The topological polar surface area (TPSA) is 20.2 Å². The fraction of sp³-hybridized carbons (Fsp3) is 0.700. The van der Waals surface area contributed by atoms with Gasteiger partial charge in [0.05, 0.1) is 6.10 Å². The Balaban J connectivity index is 2.33. The van der Waals surface area contributed by atoms with Crippen molar-refractivity contribution in [2.45, 2.75) is 94.3 Å². The van der Waals surface area contributed by atoms with Crippen LogP contribution in [0.25, 0.3) is 0 Å². The first-order chi connectivity index (χ1) is 10.1. The Hall–Kier alpha value is -0.470. The van der Waals surface area contributed by atoms with Crippen molar-refractivity contribution < 1.29 is 5.11 Å². The monoisotopic (exact) mass is 320 g/mol. The van der Waals surface area contributed by atoms with Gasteiger partial charge in [-0.1, -0.05) is 60.5 Å². The highest BCUT2D eigenvalue weighted by molar-refractivity contribution is 8.00. The van der Waals surface area contributed by atoms with Crippen molar-refractivity contribution >= 4 is 11.8 Å². The summed E-state index contributed by atoms with van der Waals surface area (Å²) in [6.07, 6.45) is 4.38. The normalized spacial score (nSPS) is 23.6. The average molecular weight is 321 g/mol. The SMILES string of the molecule is CC(C)(C)c1cc(SC2CCCC[C@H]2O)cc(C(C)(C)C)c1. The number of hydrogen-bond acceptors (Lipinski definition) is 2. The lowest BCUT2D eigenvalue weighted by molar-refractivity contribution is 0.137. The summed E-state index contributed by atoms with van der Waals surface area (Å²) in [6, 6.07) is 7.03. The summed E-state index contributed by atoms with van der Waals surface area (Å²) in [7, 11) is 0. The standard InChI is InChI=1S/C20H32OS/c1-19(2,3)14-11-15(20(4,5)6)13-16(12-14)22-18-10-8-7-9-17(18)21/h11-13,17-18,21H,7-10H2,1-6H3/t17-,18?/m1/s1. The highest BCUT2D eigenvalue weighted by atomic mass is 32.2. The molecule has 0 aliphatic heterocycles. The zero-order valence-corrected chi connectivity index (χ0v) is 15.9. The minimum absolute atomic E-state index is 0.143. The van der Waals surface area contributed by atoms with Crippen LogP contribution in [0, 0.1) is 0 Å². The van der Waals surface area contributed by atoms with Gasteiger partial charge in [-0.3, -0.25) is 0 Å². The Bertz CT molecular complexity index is 475. The van der Waals surface area contributed by atoms with Crippen LogP contribution >= 0.6 is 11.8 Å². The van der Waals surface area contributed by atoms with E-state index in [4.69, 9.17) is 0 Å². The van der Waals surface area contributed by atoms with Gasteiger partial charge in [-0.2, -0.15) is 0 Å². The number of aliphatic hydroxyl groups excluding tert-OH is 1. The van der Waals surface area contributed by atoms with Crippen LogP contribution in [-0.2, 0) is 10.8 Å². The lowest BCUT2D eigenvalue weighted by Gasteiger charge is -2.29. The lowest BCUT2D eigenvalue weighted by Crippen LogP contribution is -2.26. The Morgan fingerprint density at radius 1 is 0.864 bits per heavy atom. The summed E-state index contributed by atoms with van der Waals surface area (Å²) in [5.74, 6) is 0. The van der Waals surface area contributed by atoms with E-state index in [0.29, 0.717) is 5.25 Å². The molecule has 1 N–H and O–H groups in total. The zero-order valence-electron chi connectivity index (χ0n) is 15.1. The van der Waals surface area contributed by atoms with Gasteiger partial charge in [-0.15, -0.1) is 11.8 Å². The van der Waals surface area contributed by atoms with E-state index in [1.54, 1.807) is 0 Å². The molecule has 22 heavy (non-hydrogen) atoms. The van der Waals surface area contributed by atoms with E-state index >= 15 is 0 Å². The number of benzene rings is 1. The van der Waals surface area contributed by atoms with E-state index in [-0.39, 0.29) is 16.9 Å². The van der Waals surface area contributed by atoms with E-state index in [1.165, 1.54) is 28.9 Å². The maximum atomic E-state index is 10.3. The van der Waals surface area contributed by atoms with Crippen LogP contribution in [0.2, 0.25) is 0 Å². The summed E-state index contributed by atoms with van der Waals surface area (Å²) >= 11 is 1.88. The van der Waals surface area contributed by atoms with Crippen molar-refractivity contribution in [3.63, 3.8) is 0 Å². The molecule has 2 heteroatoms. The van der Waals surface area contributed by atoms with Crippen LogP contribution in [-0.4, -0.2) is 16.5 Å². The number of aliphatic hydroxyl groups is 1. The molecular formula is C20H32OS. The van der Waals surface area contributed by atoms with Gasteiger partial charge in [0.1, 0.15) is 0 Å². The van der Waals surface area contributed by atoms with Gasteiger partial charge in [-0.05, 0) is 46.9 Å². The molecule has 1 aliphatic carbocycles. The first-order valence-corrected chi connectivity index (χ1v) is 9.46. The average Bonchev–Trinajstić information content (AvgIpc) is 2.39. The molecule has 0 amide bonds. The second-order valence-electron chi connectivity index (χ2n) is 8.75. The van der Waals surface area contributed by atoms with Crippen molar-refractivity contribution in [3.8, 4) is 0 Å². The molecule has 0 radical (unpaired) electrons. The van der Waals surface area contributed by atoms with Gasteiger partial charge in [0.2, 0.25) is 0 Å². The molecule has 1 unspecified atom stereocenters. The Morgan fingerprint density at radius 2 is 1.36 bits per heavy atom. The molecule has 1 nitrogen and oxygen atoms in total. The highest BCUT2D eigenvalue weighted by Gasteiger charge is 2.26. The van der Waals surface area contributed by atoms with Crippen LogP contribution in [0.1, 0.15) is 78.4 Å². The third kappa shape index (κ3) is 4.52. The Labute approximate surface area is 140 Å². The first kappa shape index (κ1) is 17.9. The smallest absolute Gasteiger partial charge is 0.0662 e. The second kappa shape index (κ2) is 6.57. The van der Waals surface area contributed by atoms with E-state index < -0.39 is 0 Å². The van der Waals surface area contributed by atoms with Crippen LogP contribution in [0.4, 0.5) is 0 Å². The van der Waals surface area contributed by atoms with E-state index in [1.807, 2.05) is 11.8 Å². The fourth-order valence-electron chi connectivity index (χ4n) is 2.92. The van der Waals surface area contributed by atoms with E-state index in [2.05, 4.69) is 59.7 Å². The fourth-order valence-corrected chi connectivity index (χ4v) is 4.24. The van der Waals surface area contributed by atoms with Crippen molar-refractivity contribution in [2.75, 3.05) is 0 Å². The van der Waals surface area contributed by atoms with E-state index in [0.717, 1.165) is 12.8 Å². The molecular weight excluding hydrogens is 288 g/mol. The van der Waals surface area contributed by atoms with Gasteiger partial charge in [0.25, 0.3) is 0 Å².